The lowest BCUT2D eigenvalue weighted by Gasteiger charge is -2.19. The van der Waals surface area contributed by atoms with Crippen molar-refractivity contribution in [2.45, 2.75) is 27.3 Å². The summed E-state index contributed by atoms with van der Waals surface area (Å²) in [5.41, 5.74) is 2.68. The first kappa shape index (κ1) is 14.1. The third kappa shape index (κ3) is 2.82. The Morgan fingerprint density at radius 3 is 2.58 bits per heavy atom. The van der Waals surface area contributed by atoms with E-state index in [2.05, 4.69) is 23.7 Å². The molecule has 2 rings (SSSR count). The highest BCUT2D eigenvalue weighted by Gasteiger charge is 2.12. The molecule has 1 aromatic heterocycles. The summed E-state index contributed by atoms with van der Waals surface area (Å²) < 4.78 is 0. The summed E-state index contributed by atoms with van der Waals surface area (Å²) in [6, 6.07) is 5.35. The summed E-state index contributed by atoms with van der Waals surface area (Å²) in [5.74, 6) is 0. The van der Waals surface area contributed by atoms with Crippen molar-refractivity contribution in [1.29, 1.82) is 0 Å². The Hall–Kier alpha value is -1.32. The Labute approximate surface area is 118 Å². The highest BCUT2D eigenvalue weighted by molar-refractivity contribution is 6.31. The predicted molar refractivity (Wildman–Crippen MR) is 80.9 cm³/mol. The molecule has 4 heteroatoms. The van der Waals surface area contributed by atoms with Crippen LogP contribution in [0.4, 0.5) is 0 Å². The van der Waals surface area contributed by atoms with Gasteiger partial charge >= 0.3 is 0 Å². The number of aryl methyl sites for hydroxylation is 1. The van der Waals surface area contributed by atoms with E-state index in [9.17, 15) is 4.79 Å². The van der Waals surface area contributed by atoms with E-state index in [1.165, 1.54) is 0 Å². The monoisotopic (exact) mass is 278 g/mol. The van der Waals surface area contributed by atoms with Crippen LogP contribution in [0.25, 0.3) is 10.9 Å². The molecule has 1 heterocycles. The van der Waals surface area contributed by atoms with Crippen LogP contribution in [0.5, 0.6) is 0 Å². The minimum absolute atomic E-state index is 0.106. The molecule has 3 nitrogen and oxygen atoms in total. The fraction of sp³-hybridized carbons (Fsp3) is 0.400. The van der Waals surface area contributed by atoms with Gasteiger partial charge in [0.2, 0.25) is 0 Å². The lowest BCUT2D eigenvalue weighted by atomic mass is 10.1. The Morgan fingerprint density at radius 2 is 1.95 bits per heavy atom. The topological polar surface area (TPSA) is 36.1 Å². The van der Waals surface area contributed by atoms with Crippen molar-refractivity contribution in [1.82, 2.24) is 9.88 Å². The molecule has 0 spiro atoms. The Kier molecular flexibility index (Phi) is 4.27. The molecule has 0 aliphatic carbocycles. The molecular formula is C15H19ClN2O. The van der Waals surface area contributed by atoms with Gasteiger partial charge in [-0.25, -0.2) is 0 Å². The molecule has 0 fully saturated rings. The first-order chi connectivity index (χ1) is 9.06. The smallest absolute Gasteiger partial charge is 0.194 e. The second-order valence-corrected chi connectivity index (χ2v) is 5.15. The molecule has 0 saturated heterocycles. The van der Waals surface area contributed by atoms with Gasteiger partial charge in [-0.2, -0.15) is 0 Å². The zero-order valence-electron chi connectivity index (χ0n) is 11.6. The fourth-order valence-electron chi connectivity index (χ4n) is 2.29. The average molecular weight is 279 g/mol. The van der Waals surface area contributed by atoms with E-state index in [4.69, 9.17) is 11.6 Å². The second kappa shape index (κ2) is 5.76. The largest absolute Gasteiger partial charge is 0.358 e. The number of hydrogen-bond donors (Lipinski definition) is 1. The van der Waals surface area contributed by atoms with Gasteiger partial charge in [0.25, 0.3) is 0 Å². The molecule has 1 N–H and O–H groups in total. The molecule has 0 aliphatic rings. The van der Waals surface area contributed by atoms with Crippen LogP contribution in [-0.4, -0.2) is 23.0 Å². The highest BCUT2D eigenvalue weighted by atomic mass is 35.5. The van der Waals surface area contributed by atoms with E-state index in [0.717, 1.165) is 29.9 Å². The summed E-state index contributed by atoms with van der Waals surface area (Å²) in [4.78, 5) is 18.1. The van der Waals surface area contributed by atoms with Gasteiger partial charge < -0.3 is 4.98 Å². The highest BCUT2D eigenvalue weighted by Crippen LogP contribution is 2.17. The van der Waals surface area contributed by atoms with Gasteiger partial charge in [0, 0.05) is 28.2 Å². The van der Waals surface area contributed by atoms with Crippen molar-refractivity contribution in [3.63, 3.8) is 0 Å². The van der Waals surface area contributed by atoms with Crippen molar-refractivity contribution < 1.29 is 0 Å². The number of H-pyrrole nitrogens is 1. The first-order valence-electron chi connectivity index (χ1n) is 6.60. The van der Waals surface area contributed by atoms with Crippen LogP contribution in [0.3, 0.4) is 0 Å². The van der Waals surface area contributed by atoms with Crippen molar-refractivity contribution in [2.75, 3.05) is 13.1 Å². The summed E-state index contributed by atoms with van der Waals surface area (Å²) in [6.45, 7) is 8.72. The van der Waals surface area contributed by atoms with Crippen molar-refractivity contribution in [3.05, 3.63) is 44.7 Å². The predicted octanol–water partition coefficient (Wildman–Crippen LogP) is 3.33. The summed E-state index contributed by atoms with van der Waals surface area (Å²) in [5, 5.41) is 1.34. The maximum absolute atomic E-state index is 12.5. The molecule has 0 aliphatic heterocycles. The number of pyridine rings is 1. The lowest BCUT2D eigenvalue weighted by Crippen LogP contribution is -2.27. The zero-order chi connectivity index (χ0) is 14.0. The zero-order valence-corrected chi connectivity index (χ0v) is 12.3. The molecule has 0 bridgehead atoms. The van der Waals surface area contributed by atoms with E-state index in [-0.39, 0.29) is 5.43 Å². The maximum atomic E-state index is 12.5. The van der Waals surface area contributed by atoms with Gasteiger partial charge in [-0.1, -0.05) is 25.4 Å². The number of benzene rings is 1. The Bertz CT molecular complexity index is 644. The van der Waals surface area contributed by atoms with Crippen LogP contribution in [-0.2, 0) is 6.54 Å². The number of nitrogens with one attached hydrogen (secondary N) is 1. The number of aromatic amines is 1. The second-order valence-electron chi connectivity index (χ2n) is 4.71. The Morgan fingerprint density at radius 1 is 1.26 bits per heavy atom. The third-order valence-electron chi connectivity index (χ3n) is 3.55. The van der Waals surface area contributed by atoms with Crippen molar-refractivity contribution in [3.8, 4) is 0 Å². The normalized spacial score (nSPS) is 11.4. The van der Waals surface area contributed by atoms with E-state index in [1.807, 2.05) is 6.92 Å². The number of rotatable bonds is 4. The molecule has 0 amide bonds. The van der Waals surface area contributed by atoms with Crippen LogP contribution < -0.4 is 5.43 Å². The third-order valence-corrected chi connectivity index (χ3v) is 3.79. The van der Waals surface area contributed by atoms with Gasteiger partial charge in [0.05, 0.1) is 5.52 Å². The average Bonchev–Trinajstić information content (AvgIpc) is 2.38. The van der Waals surface area contributed by atoms with E-state index in [1.54, 1.807) is 18.2 Å². The van der Waals surface area contributed by atoms with Gasteiger partial charge in [-0.05, 0) is 38.2 Å². The van der Waals surface area contributed by atoms with Crippen molar-refractivity contribution >= 4 is 22.5 Å². The van der Waals surface area contributed by atoms with Gasteiger partial charge in [-0.15, -0.1) is 0 Å². The van der Waals surface area contributed by atoms with Gasteiger partial charge in [-0.3, -0.25) is 9.69 Å². The number of aromatic nitrogens is 1. The van der Waals surface area contributed by atoms with Crippen LogP contribution in [0.1, 0.15) is 25.1 Å². The quantitative estimate of drug-likeness (QED) is 0.931. The number of halogens is 1. The van der Waals surface area contributed by atoms with Gasteiger partial charge in [0.1, 0.15) is 0 Å². The van der Waals surface area contributed by atoms with Crippen LogP contribution in [0.2, 0.25) is 5.02 Å². The first-order valence-corrected chi connectivity index (χ1v) is 6.98. The number of fused-ring (bicyclic) bond motifs is 1. The van der Waals surface area contributed by atoms with E-state index in [0.29, 0.717) is 17.0 Å². The summed E-state index contributed by atoms with van der Waals surface area (Å²) >= 11 is 5.96. The molecule has 19 heavy (non-hydrogen) atoms. The van der Waals surface area contributed by atoms with Gasteiger partial charge in [0.15, 0.2) is 5.43 Å². The molecular weight excluding hydrogens is 260 g/mol. The standard InChI is InChI=1S/C15H19ClN2O/c1-4-18(5-2)9-13-10(3)17-14-8-11(16)6-7-12(14)15(13)19/h6-8H,4-5,9H2,1-3H3,(H,17,19). The molecule has 0 radical (unpaired) electrons. The molecule has 0 unspecified atom stereocenters. The van der Waals surface area contributed by atoms with E-state index >= 15 is 0 Å². The van der Waals surface area contributed by atoms with Crippen LogP contribution >= 0.6 is 11.6 Å². The fourth-order valence-corrected chi connectivity index (χ4v) is 2.46. The molecule has 2 aromatic rings. The summed E-state index contributed by atoms with van der Waals surface area (Å²) in [7, 11) is 0. The molecule has 102 valence electrons. The minimum atomic E-state index is 0.106. The van der Waals surface area contributed by atoms with Crippen LogP contribution in [0, 0.1) is 6.92 Å². The minimum Gasteiger partial charge on any atom is -0.358 e. The van der Waals surface area contributed by atoms with Crippen molar-refractivity contribution in [2.24, 2.45) is 0 Å². The number of hydrogen-bond acceptors (Lipinski definition) is 2. The molecule has 0 saturated carbocycles. The molecule has 0 atom stereocenters. The SMILES string of the molecule is CCN(CC)Cc1c(C)[nH]c2cc(Cl)ccc2c1=O. The number of nitrogens with zero attached hydrogens (tertiary/aromatic N) is 1. The van der Waals surface area contributed by atoms with E-state index < -0.39 is 0 Å². The maximum Gasteiger partial charge on any atom is 0.194 e. The Balaban J connectivity index is 2.56. The summed E-state index contributed by atoms with van der Waals surface area (Å²) in [6.07, 6.45) is 0. The lowest BCUT2D eigenvalue weighted by molar-refractivity contribution is 0.294. The van der Waals surface area contributed by atoms with Crippen LogP contribution in [0.15, 0.2) is 23.0 Å². The molecule has 1 aromatic carbocycles.